The fraction of sp³-hybridized carbons (Fsp3) is 0.730. The molecule has 0 aromatic heterocycles. The molecule has 0 heterocycles. The minimum absolute atomic E-state index is 0.103. The molecular weight excluding hydrogens is 853 g/mol. The van der Waals surface area contributed by atoms with Gasteiger partial charge in [-0.15, -0.1) is 0 Å². The zero-order valence-electron chi connectivity index (χ0n) is 45.3. The van der Waals surface area contributed by atoms with E-state index in [1.807, 2.05) is 0 Å². The van der Waals surface area contributed by atoms with E-state index in [9.17, 15) is 14.4 Å². The molecule has 69 heavy (non-hydrogen) atoms. The number of carbonyl (C=O) groups is 3. The molecule has 0 spiro atoms. The quantitative estimate of drug-likeness (QED) is 0.0199. The van der Waals surface area contributed by atoms with Crippen LogP contribution in [0.15, 0.2) is 85.1 Å². The van der Waals surface area contributed by atoms with Crippen molar-refractivity contribution in [3.63, 3.8) is 0 Å². The number of esters is 3. The molecule has 0 bridgehead atoms. The first kappa shape index (κ1) is 65.6. The predicted molar refractivity (Wildman–Crippen MR) is 297 cm³/mol. The molecule has 6 heteroatoms. The second-order valence-corrected chi connectivity index (χ2v) is 19.3. The minimum Gasteiger partial charge on any atom is -0.462 e. The van der Waals surface area contributed by atoms with Gasteiger partial charge in [-0.25, -0.2) is 0 Å². The Morgan fingerprint density at radius 1 is 0.304 bits per heavy atom. The summed E-state index contributed by atoms with van der Waals surface area (Å²) in [5, 5.41) is 0. The van der Waals surface area contributed by atoms with E-state index in [1.54, 1.807) is 0 Å². The Hall–Kier alpha value is -3.41. The Morgan fingerprint density at radius 3 is 1.01 bits per heavy atom. The maximum absolute atomic E-state index is 12.8. The maximum Gasteiger partial charge on any atom is 0.306 e. The van der Waals surface area contributed by atoms with Crippen molar-refractivity contribution in [2.45, 2.75) is 284 Å². The minimum atomic E-state index is -0.812. The van der Waals surface area contributed by atoms with Crippen molar-refractivity contribution >= 4 is 17.9 Å². The molecule has 0 aromatic rings. The van der Waals surface area contributed by atoms with Crippen molar-refractivity contribution in [1.82, 2.24) is 0 Å². The molecule has 0 aliphatic carbocycles. The standard InChI is InChI=1S/C63H108O6/c1-4-7-10-13-16-19-22-25-28-31-33-35-38-41-44-47-50-53-56-62(65)68-59-60(58-67-61(64)55-52-49-46-43-40-37-34-30-27-24-21-18-15-12-9-6-3)69-63(66)57-54-51-48-45-42-39-36-32-29-26-23-20-17-14-11-8-5-2/h16,19,22,25-26,28-29,31,33,35-36,39,45,48,60H,4-15,17-18,20-21,23-24,27,30,32,34,37-38,40-44,46-47,49-59H2,1-3H3/b19-16-,25-22-,29-26-,31-28-,35-33-,39-36-,48-45-. The SMILES string of the molecule is CCCCC\C=C/C=C\C=C/C=C\CCCCCCCC(=O)OCC(COC(=O)CCCCCCCCCCCCCCCCCC)OC(=O)CCC/C=C\C/C=C\C/C=C\CCCCCCCC. The van der Waals surface area contributed by atoms with Crippen LogP contribution in [0.5, 0.6) is 0 Å². The van der Waals surface area contributed by atoms with Crippen molar-refractivity contribution in [2.75, 3.05) is 13.2 Å². The fourth-order valence-electron chi connectivity index (χ4n) is 8.06. The molecular formula is C63H108O6. The Bertz CT molecular complexity index is 1330. The van der Waals surface area contributed by atoms with Gasteiger partial charge in [0.1, 0.15) is 13.2 Å². The molecule has 0 radical (unpaired) electrons. The molecule has 0 saturated heterocycles. The third-order valence-corrected chi connectivity index (χ3v) is 12.5. The summed E-state index contributed by atoms with van der Waals surface area (Å²) >= 11 is 0. The molecule has 0 fully saturated rings. The van der Waals surface area contributed by atoms with E-state index >= 15 is 0 Å². The first-order chi connectivity index (χ1) is 34.0. The molecule has 0 rings (SSSR count). The third-order valence-electron chi connectivity index (χ3n) is 12.5. The van der Waals surface area contributed by atoms with Gasteiger partial charge in [-0.1, -0.05) is 266 Å². The lowest BCUT2D eigenvalue weighted by molar-refractivity contribution is -0.167. The topological polar surface area (TPSA) is 78.9 Å². The smallest absolute Gasteiger partial charge is 0.306 e. The van der Waals surface area contributed by atoms with E-state index in [1.165, 1.54) is 148 Å². The lowest BCUT2D eigenvalue weighted by Crippen LogP contribution is -2.30. The van der Waals surface area contributed by atoms with E-state index in [2.05, 4.69) is 106 Å². The number of allylic oxidation sites excluding steroid dienone is 14. The number of unbranched alkanes of at least 4 members (excludes halogenated alkanes) is 30. The molecule has 0 N–H and O–H groups in total. The largest absolute Gasteiger partial charge is 0.462 e. The number of carbonyl (C=O) groups excluding carboxylic acids is 3. The molecule has 1 atom stereocenters. The predicted octanol–water partition coefficient (Wildman–Crippen LogP) is 19.5. The number of hydrogen-bond acceptors (Lipinski definition) is 6. The van der Waals surface area contributed by atoms with Gasteiger partial charge in [0.2, 0.25) is 0 Å². The van der Waals surface area contributed by atoms with E-state index in [4.69, 9.17) is 14.2 Å². The van der Waals surface area contributed by atoms with Crippen molar-refractivity contribution in [1.29, 1.82) is 0 Å². The van der Waals surface area contributed by atoms with Crippen LogP contribution in [-0.2, 0) is 28.6 Å². The highest BCUT2D eigenvalue weighted by atomic mass is 16.6. The molecule has 1 unspecified atom stereocenters. The van der Waals surface area contributed by atoms with Gasteiger partial charge in [0.05, 0.1) is 0 Å². The lowest BCUT2D eigenvalue weighted by Gasteiger charge is -2.18. The van der Waals surface area contributed by atoms with Crippen molar-refractivity contribution in [3.05, 3.63) is 85.1 Å². The number of rotatable bonds is 52. The first-order valence-electron chi connectivity index (χ1n) is 29.1. The van der Waals surface area contributed by atoms with Gasteiger partial charge in [0.15, 0.2) is 6.10 Å². The highest BCUT2D eigenvalue weighted by Gasteiger charge is 2.19. The monoisotopic (exact) mass is 961 g/mol. The number of ether oxygens (including phenoxy) is 3. The molecule has 0 amide bonds. The highest BCUT2D eigenvalue weighted by Crippen LogP contribution is 2.15. The van der Waals surface area contributed by atoms with Gasteiger partial charge in [0.25, 0.3) is 0 Å². The van der Waals surface area contributed by atoms with Crippen LogP contribution in [0.2, 0.25) is 0 Å². The normalized spacial score (nSPS) is 12.7. The Morgan fingerprint density at radius 2 is 0.594 bits per heavy atom. The number of hydrogen-bond donors (Lipinski definition) is 0. The van der Waals surface area contributed by atoms with Crippen molar-refractivity contribution in [3.8, 4) is 0 Å². The van der Waals surface area contributed by atoms with Crippen LogP contribution in [0.25, 0.3) is 0 Å². The van der Waals surface area contributed by atoms with Gasteiger partial charge in [-0.2, -0.15) is 0 Å². The average molecular weight is 962 g/mol. The van der Waals surface area contributed by atoms with E-state index < -0.39 is 6.10 Å². The third kappa shape index (κ3) is 55.4. The molecule has 0 aliphatic heterocycles. The summed E-state index contributed by atoms with van der Waals surface area (Å²) in [6.07, 6.45) is 74.3. The lowest BCUT2D eigenvalue weighted by atomic mass is 10.0. The van der Waals surface area contributed by atoms with E-state index in [-0.39, 0.29) is 37.5 Å². The van der Waals surface area contributed by atoms with Crippen LogP contribution >= 0.6 is 0 Å². The van der Waals surface area contributed by atoms with Crippen LogP contribution in [0.4, 0.5) is 0 Å². The summed E-state index contributed by atoms with van der Waals surface area (Å²) in [6.45, 7) is 6.55. The molecule has 6 nitrogen and oxygen atoms in total. The van der Waals surface area contributed by atoms with Gasteiger partial charge in [0, 0.05) is 19.3 Å². The molecule has 0 saturated carbocycles. The Kier molecular flexibility index (Phi) is 54.3. The van der Waals surface area contributed by atoms with Crippen molar-refractivity contribution in [2.24, 2.45) is 0 Å². The molecule has 0 aliphatic rings. The van der Waals surface area contributed by atoms with E-state index in [0.717, 1.165) is 83.5 Å². The summed E-state index contributed by atoms with van der Waals surface area (Å²) in [5.74, 6) is -0.971. The summed E-state index contributed by atoms with van der Waals surface area (Å²) < 4.78 is 16.8. The summed E-state index contributed by atoms with van der Waals surface area (Å²) in [5.41, 5.74) is 0. The Labute approximate surface area is 426 Å². The summed E-state index contributed by atoms with van der Waals surface area (Å²) in [6, 6.07) is 0. The zero-order chi connectivity index (χ0) is 50.0. The first-order valence-corrected chi connectivity index (χ1v) is 29.1. The van der Waals surface area contributed by atoms with Gasteiger partial charge in [-0.05, 0) is 77.0 Å². The maximum atomic E-state index is 12.8. The van der Waals surface area contributed by atoms with Gasteiger partial charge in [-0.3, -0.25) is 14.4 Å². The van der Waals surface area contributed by atoms with Crippen LogP contribution in [0.1, 0.15) is 278 Å². The Balaban J connectivity index is 4.50. The van der Waals surface area contributed by atoms with Crippen LogP contribution in [-0.4, -0.2) is 37.2 Å². The summed E-state index contributed by atoms with van der Waals surface area (Å²) in [4.78, 5) is 38.2. The van der Waals surface area contributed by atoms with Crippen LogP contribution in [0.3, 0.4) is 0 Å². The fourth-order valence-corrected chi connectivity index (χ4v) is 8.06. The van der Waals surface area contributed by atoms with Crippen molar-refractivity contribution < 1.29 is 28.6 Å². The zero-order valence-corrected chi connectivity index (χ0v) is 45.3. The van der Waals surface area contributed by atoms with Crippen LogP contribution in [0, 0.1) is 0 Å². The van der Waals surface area contributed by atoms with Gasteiger partial charge >= 0.3 is 17.9 Å². The second kappa shape index (κ2) is 57.2. The molecule has 0 aromatic carbocycles. The van der Waals surface area contributed by atoms with E-state index in [0.29, 0.717) is 19.3 Å². The second-order valence-electron chi connectivity index (χ2n) is 19.3. The molecule has 396 valence electrons. The average Bonchev–Trinajstić information content (AvgIpc) is 3.35. The highest BCUT2D eigenvalue weighted by molar-refractivity contribution is 5.71. The van der Waals surface area contributed by atoms with Gasteiger partial charge < -0.3 is 14.2 Å². The summed E-state index contributed by atoms with van der Waals surface area (Å²) in [7, 11) is 0. The van der Waals surface area contributed by atoms with Crippen LogP contribution < -0.4 is 0 Å².